The van der Waals surface area contributed by atoms with Gasteiger partial charge in [-0.3, -0.25) is 0 Å². The lowest BCUT2D eigenvalue weighted by molar-refractivity contribution is 0.450. The summed E-state index contributed by atoms with van der Waals surface area (Å²) in [5.41, 5.74) is 3.60. The van der Waals surface area contributed by atoms with Crippen LogP contribution in [-0.4, -0.2) is 5.11 Å². The van der Waals surface area contributed by atoms with Crippen molar-refractivity contribution < 1.29 is 5.11 Å². The van der Waals surface area contributed by atoms with Crippen LogP contribution in [0, 0.1) is 0 Å². The summed E-state index contributed by atoms with van der Waals surface area (Å²) >= 11 is 0. The van der Waals surface area contributed by atoms with Gasteiger partial charge < -0.3 is 5.11 Å². The van der Waals surface area contributed by atoms with Gasteiger partial charge in [0.2, 0.25) is 0 Å². The van der Waals surface area contributed by atoms with Crippen molar-refractivity contribution in [1.29, 1.82) is 0 Å². The lowest BCUT2D eigenvalue weighted by atomic mass is 9.72. The number of phenolic OH excluding ortho intramolecular Hbond substituents is 1. The molecule has 1 atom stereocenters. The number of para-hydroxylation sites is 1. The van der Waals surface area contributed by atoms with E-state index in [0.29, 0.717) is 11.7 Å². The zero-order chi connectivity index (χ0) is 17.6. The van der Waals surface area contributed by atoms with Crippen molar-refractivity contribution in [2.75, 3.05) is 0 Å². The van der Waals surface area contributed by atoms with Crippen molar-refractivity contribution >= 4 is 0 Å². The molecule has 1 heteroatoms. The van der Waals surface area contributed by atoms with Crippen LogP contribution in [0.15, 0.2) is 48.5 Å². The fourth-order valence-corrected chi connectivity index (χ4v) is 3.82. The third-order valence-corrected chi connectivity index (χ3v) is 5.19. The summed E-state index contributed by atoms with van der Waals surface area (Å²) in [5.74, 6) is 0.995. The first kappa shape index (κ1) is 18.6. The molecule has 2 aromatic carbocycles. The van der Waals surface area contributed by atoms with Crippen LogP contribution in [-0.2, 0) is 5.41 Å². The second-order valence-corrected chi connectivity index (χ2v) is 7.36. The van der Waals surface area contributed by atoms with Gasteiger partial charge in [-0.1, -0.05) is 89.4 Å². The molecule has 0 radical (unpaired) electrons. The molecule has 0 spiro atoms. The van der Waals surface area contributed by atoms with Crippen molar-refractivity contribution in [3.63, 3.8) is 0 Å². The van der Waals surface area contributed by atoms with Crippen LogP contribution < -0.4 is 0 Å². The highest BCUT2D eigenvalue weighted by atomic mass is 16.3. The Labute approximate surface area is 147 Å². The minimum atomic E-state index is -0.208. The average molecular weight is 325 g/mol. The topological polar surface area (TPSA) is 20.2 Å². The lowest BCUT2D eigenvalue weighted by Crippen LogP contribution is -2.22. The van der Waals surface area contributed by atoms with Gasteiger partial charge in [-0.15, -0.1) is 0 Å². The highest BCUT2D eigenvalue weighted by molar-refractivity contribution is 5.48. The van der Waals surface area contributed by atoms with Crippen LogP contribution in [0.1, 0.15) is 82.4 Å². The van der Waals surface area contributed by atoms with Crippen molar-refractivity contribution in [3.05, 3.63) is 65.2 Å². The predicted octanol–water partition coefficient (Wildman–Crippen LogP) is 6.79. The Morgan fingerprint density at radius 3 is 2.08 bits per heavy atom. The quantitative estimate of drug-likeness (QED) is 0.566. The normalized spacial score (nSPS) is 13.0. The van der Waals surface area contributed by atoms with Crippen LogP contribution in [0.2, 0.25) is 0 Å². The zero-order valence-electron chi connectivity index (χ0n) is 15.7. The molecule has 0 aromatic heterocycles. The van der Waals surface area contributed by atoms with Crippen LogP contribution in [0.3, 0.4) is 0 Å². The minimum Gasteiger partial charge on any atom is -0.508 e. The molecule has 130 valence electrons. The molecule has 0 aliphatic heterocycles. The fraction of sp³-hybridized carbons (Fsp3) is 0.478. The maximum absolute atomic E-state index is 10.4. The van der Waals surface area contributed by atoms with Crippen LogP contribution in [0.5, 0.6) is 5.75 Å². The molecule has 1 nitrogen and oxygen atoms in total. The highest BCUT2D eigenvalue weighted by Crippen LogP contribution is 2.41. The summed E-state index contributed by atoms with van der Waals surface area (Å²) in [7, 11) is 0. The number of hydrogen-bond acceptors (Lipinski definition) is 1. The molecule has 24 heavy (non-hydrogen) atoms. The maximum Gasteiger partial charge on any atom is 0.119 e. The van der Waals surface area contributed by atoms with E-state index in [4.69, 9.17) is 0 Å². The number of phenols is 1. The smallest absolute Gasteiger partial charge is 0.119 e. The van der Waals surface area contributed by atoms with Gasteiger partial charge in [0.15, 0.2) is 0 Å². The van der Waals surface area contributed by atoms with E-state index >= 15 is 0 Å². The maximum atomic E-state index is 10.4. The fourth-order valence-electron chi connectivity index (χ4n) is 3.82. The minimum absolute atomic E-state index is 0.208. The number of hydrogen-bond donors (Lipinski definition) is 1. The Balaban J connectivity index is 2.48. The molecule has 1 N–H and O–H groups in total. The highest BCUT2D eigenvalue weighted by Gasteiger charge is 2.29. The van der Waals surface area contributed by atoms with E-state index in [9.17, 15) is 5.11 Å². The number of unbranched alkanes of at least 4 members (excludes halogenated alkanes) is 1. The molecular weight excluding hydrogens is 292 g/mol. The zero-order valence-corrected chi connectivity index (χ0v) is 15.7. The van der Waals surface area contributed by atoms with Gasteiger partial charge in [-0.05, 0) is 36.0 Å². The second kappa shape index (κ2) is 8.37. The third-order valence-electron chi connectivity index (χ3n) is 5.19. The summed E-state index contributed by atoms with van der Waals surface area (Å²) in [5, 5.41) is 10.4. The third kappa shape index (κ3) is 4.01. The predicted molar refractivity (Wildman–Crippen MR) is 104 cm³/mol. The molecule has 1 unspecified atom stereocenters. The Bertz CT molecular complexity index is 642. The average Bonchev–Trinajstić information content (AvgIpc) is 2.59. The van der Waals surface area contributed by atoms with Crippen molar-refractivity contribution in [2.45, 2.75) is 71.1 Å². The van der Waals surface area contributed by atoms with Gasteiger partial charge in [0.1, 0.15) is 5.75 Å². The van der Waals surface area contributed by atoms with E-state index in [1.807, 2.05) is 18.2 Å². The number of benzene rings is 2. The van der Waals surface area contributed by atoms with Crippen molar-refractivity contribution in [2.24, 2.45) is 0 Å². The SMILES string of the molecule is CCCCC(CCC)c1ccccc1C(C)(C)c1ccccc1O. The molecule has 0 aliphatic rings. The molecule has 0 amide bonds. The first-order chi connectivity index (χ1) is 11.5. The Kier molecular flexibility index (Phi) is 6.48. The standard InChI is InChI=1S/C23H32O/c1-5-7-13-18(12-6-2)19-14-8-9-15-20(19)23(3,4)21-16-10-11-17-22(21)24/h8-11,14-18,24H,5-7,12-13H2,1-4H3. The Morgan fingerprint density at radius 2 is 1.46 bits per heavy atom. The Morgan fingerprint density at radius 1 is 0.833 bits per heavy atom. The van der Waals surface area contributed by atoms with Crippen molar-refractivity contribution in [3.8, 4) is 5.75 Å². The summed E-state index contributed by atoms with van der Waals surface area (Å²) in [6, 6.07) is 16.6. The van der Waals surface area contributed by atoms with E-state index in [2.05, 4.69) is 52.0 Å². The van der Waals surface area contributed by atoms with E-state index in [0.717, 1.165) is 5.56 Å². The molecule has 2 rings (SSSR count). The van der Waals surface area contributed by atoms with Gasteiger partial charge >= 0.3 is 0 Å². The number of aromatic hydroxyl groups is 1. The second-order valence-electron chi connectivity index (χ2n) is 7.36. The molecule has 0 bridgehead atoms. The molecule has 2 aromatic rings. The van der Waals surface area contributed by atoms with E-state index < -0.39 is 0 Å². The summed E-state index contributed by atoms with van der Waals surface area (Å²) in [4.78, 5) is 0. The van der Waals surface area contributed by atoms with E-state index in [-0.39, 0.29) is 5.41 Å². The van der Waals surface area contributed by atoms with Crippen LogP contribution in [0.4, 0.5) is 0 Å². The van der Waals surface area contributed by atoms with Crippen molar-refractivity contribution in [1.82, 2.24) is 0 Å². The van der Waals surface area contributed by atoms with Gasteiger partial charge in [0.05, 0.1) is 0 Å². The van der Waals surface area contributed by atoms with Crippen LogP contribution in [0.25, 0.3) is 0 Å². The molecule has 0 heterocycles. The molecule has 0 saturated carbocycles. The van der Waals surface area contributed by atoms with E-state index in [1.54, 1.807) is 6.07 Å². The van der Waals surface area contributed by atoms with E-state index in [1.165, 1.54) is 43.2 Å². The molecule has 0 fully saturated rings. The first-order valence-electron chi connectivity index (χ1n) is 9.40. The molecule has 0 aliphatic carbocycles. The summed E-state index contributed by atoms with van der Waals surface area (Å²) < 4.78 is 0. The first-order valence-corrected chi connectivity index (χ1v) is 9.40. The van der Waals surface area contributed by atoms with Gasteiger partial charge in [-0.2, -0.15) is 0 Å². The van der Waals surface area contributed by atoms with Crippen LogP contribution >= 0.6 is 0 Å². The largest absolute Gasteiger partial charge is 0.508 e. The summed E-state index contributed by atoms with van der Waals surface area (Å²) in [6.07, 6.45) is 6.20. The monoisotopic (exact) mass is 324 g/mol. The lowest BCUT2D eigenvalue weighted by Gasteiger charge is -2.32. The number of rotatable bonds is 8. The summed E-state index contributed by atoms with van der Waals surface area (Å²) in [6.45, 7) is 8.99. The molecular formula is C23H32O. The van der Waals surface area contributed by atoms with Gasteiger partial charge in [0, 0.05) is 11.0 Å². The molecule has 0 saturated heterocycles. The van der Waals surface area contributed by atoms with Gasteiger partial charge in [-0.25, -0.2) is 0 Å². The van der Waals surface area contributed by atoms with Gasteiger partial charge in [0.25, 0.3) is 0 Å². The Hall–Kier alpha value is -1.76.